The molecular formula is C8H10F4O2S2. The van der Waals surface area contributed by atoms with Gasteiger partial charge in [-0.2, -0.15) is 17.6 Å². The highest BCUT2D eigenvalue weighted by molar-refractivity contribution is 8.07. The van der Waals surface area contributed by atoms with Crippen molar-refractivity contribution in [3.63, 3.8) is 0 Å². The van der Waals surface area contributed by atoms with Crippen LogP contribution >= 0.6 is 23.5 Å². The molecule has 0 atom stereocenters. The van der Waals surface area contributed by atoms with Gasteiger partial charge in [-0.1, -0.05) is 0 Å². The van der Waals surface area contributed by atoms with Gasteiger partial charge in [0.15, 0.2) is 0 Å². The van der Waals surface area contributed by atoms with E-state index >= 15 is 0 Å². The summed E-state index contributed by atoms with van der Waals surface area (Å²) in [5.74, 6) is -8.40. The Balaban J connectivity index is 2.84. The predicted octanol–water partition coefficient (Wildman–Crippen LogP) is 1.93. The van der Waals surface area contributed by atoms with Crippen LogP contribution in [0.25, 0.3) is 0 Å². The van der Waals surface area contributed by atoms with E-state index in [1.54, 1.807) is 0 Å². The summed E-state index contributed by atoms with van der Waals surface area (Å²) in [6.45, 7) is -0.707. The van der Waals surface area contributed by atoms with Crippen molar-refractivity contribution in [3.05, 3.63) is 9.81 Å². The summed E-state index contributed by atoms with van der Waals surface area (Å²) in [5, 5.41) is 16.9. The van der Waals surface area contributed by atoms with Crippen molar-refractivity contribution in [2.75, 3.05) is 24.7 Å². The Hall–Kier alpha value is 0.0800. The molecule has 2 nitrogen and oxygen atoms in total. The van der Waals surface area contributed by atoms with Gasteiger partial charge in [0.2, 0.25) is 0 Å². The minimum atomic E-state index is -4.15. The molecule has 0 aromatic heterocycles. The van der Waals surface area contributed by atoms with Crippen molar-refractivity contribution in [2.24, 2.45) is 0 Å². The number of hydrogen-bond donors (Lipinski definition) is 2. The zero-order valence-electron chi connectivity index (χ0n) is 8.05. The number of aliphatic hydroxyl groups is 2. The monoisotopic (exact) mass is 278 g/mol. The van der Waals surface area contributed by atoms with Crippen LogP contribution in [-0.2, 0) is 0 Å². The van der Waals surface area contributed by atoms with E-state index in [4.69, 9.17) is 10.2 Å². The van der Waals surface area contributed by atoms with Crippen molar-refractivity contribution >= 4 is 23.5 Å². The van der Waals surface area contributed by atoms with Gasteiger partial charge in [0.05, 0.1) is 23.0 Å². The summed E-state index contributed by atoms with van der Waals surface area (Å²) in [5.41, 5.74) is 0. The highest BCUT2D eigenvalue weighted by Gasteiger charge is 2.71. The quantitative estimate of drug-likeness (QED) is 0.728. The Kier molecular flexibility index (Phi) is 4.56. The zero-order valence-corrected chi connectivity index (χ0v) is 9.68. The van der Waals surface area contributed by atoms with E-state index in [2.05, 4.69) is 0 Å². The van der Waals surface area contributed by atoms with Crippen molar-refractivity contribution in [1.29, 1.82) is 0 Å². The van der Waals surface area contributed by atoms with Crippen LogP contribution < -0.4 is 0 Å². The van der Waals surface area contributed by atoms with E-state index in [9.17, 15) is 17.6 Å². The lowest BCUT2D eigenvalue weighted by molar-refractivity contribution is -0.176. The first-order chi connectivity index (χ1) is 7.39. The summed E-state index contributed by atoms with van der Waals surface area (Å²) < 4.78 is 52.0. The van der Waals surface area contributed by atoms with Crippen molar-refractivity contribution in [3.8, 4) is 0 Å². The zero-order chi connectivity index (χ0) is 12.4. The minimum absolute atomic E-state index is 0.0514. The largest absolute Gasteiger partial charge is 0.396 e. The predicted molar refractivity (Wildman–Crippen MR) is 56.0 cm³/mol. The molecule has 1 aliphatic carbocycles. The van der Waals surface area contributed by atoms with Crippen LogP contribution in [0.4, 0.5) is 17.6 Å². The second-order valence-electron chi connectivity index (χ2n) is 2.95. The third-order valence-electron chi connectivity index (χ3n) is 1.85. The molecule has 0 amide bonds. The smallest absolute Gasteiger partial charge is 0.346 e. The lowest BCUT2D eigenvalue weighted by Crippen LogP contribution is -2.52. The van der Waals surface area contributed by atoms with Gasteiger partial charge in [0.1, 0.15) is 0 Å². The summed E-state index contributed by atoms with van der Waals surface area (Å²) in [7, 11) is 0. The molecule has 0 spiro atoms. The van der Waals surface area contributed by atoms with E-state index in [-0.39, 0.29) is 24.7 Å². The van der Waals surface area contributed by atoms with Gasteiger partial charge in [-0.3, -0.25) is 0 Å². The fourth-order valence-electron chi connectivity index (χ4n) is 1.12. The summed E-state index contributed by atoms with van der Waals surface area (Å²) in [6, 6.07) is 0. The molecule has 0 saturated heterocycles. The maximum absolute atomic E-state index is 13.0. The Bertz CT molecular complexity index is 266. The number of rotatable bonds is 6. The van der Waals surface area contributed by atoms with E-state index in [0.717, 1.165) is 0 Å². The van der Waals surface area contributed by atoms with Gasteiger partial charge in [-0.15, -0.1) is 23.5 Å². The van der Waals surface area contributed by atoms with Crippen LogP contribution in [0.5, 0.6) is 0 Å². The van der Waals surface area contributed by atoms with Crippen molar-refractivity contribution in [2.45, 2.75) is 11.8 Å². The molecule has 16 heavy (non-hydrogen) atoms. The molecular weight excluding hydrogens is 268 g/mol. The van der Waals surface area contributed by atoms with E-state index in [1.807, 2.05) is 0 Å². The third-order valence-corrected chi connectivity index (χ3v) is 4.25. The van der Waals surface area contributed by atoms with Crippen LogP contribution in [-0.4, -0.2) is 46.8 Å². The molecule has 0 heterocycles. The van der Waals surface area contributed by atoms with Gasteiger partial charge in [0, 0.05) is 11.5 Å². The number of halogens is 4. The average Bonchev–Trinajstić information content (AvgIpc) is 2.21. The number of alkyl halides is 4. The molecule has 0 aromatic rings. The van der Waals surface area contributed by atoms with Gasteiger partial charge in [-0.05, 0) is 0 Å². The molecule has 1 aliphatic rings. The lowest BCUT2D eigenvalue weighted by atomic mass is 10.00. The standard InChI is InChI=1S/C8H10F4O2S2/c9-7(10)5(15-3-1-13)6(8(7,11)12)16-4-2-14/h13-14H,1-4H2. The molecule has 0 bridgehead atoms. The second kappa shape index (κ2) is 5.16. The fraction of sp³-hybridized carbons (Fsp3) is 0.750. The first-order valence-electron chi connectivity index (χ1n) is 4.37. The van der Waals surface area contributed by atoms with Gasteiger partial charge < -0.3 is 10.2 Å². The van der Waals surface area contributed by atoms with Gasteiger partial charge in [-0.25, -0.2) is 0 Å². The van der Waals surface area contributed by atoms with E-state index < -0.39 is 21.7 Å². The van der Waals surface area contributed by atoms with Crippen LogP contribution in [0.15, 0.2) is 9.81 Å². The first kappa shape index (κ1) is 14.1. The maximum Gasteiger partial charge on any atom is 0.346 e. The number of allylic oxidation sites excluding steroid dienone is 2. The Morgan fingerprint density at radius 1 is 0.812 bits per heavy atom. The molecule has 0 fully saturated rings. The lowest BCUT2D eigenvalue weighted by Gasteiger charge is -2.40. The first-order valence-corrected chi connectivity index (χ1v) is 6.35. The summed E-state index contributed by atoms with van der Waals surface area (Å²) in [6.07, 6.45) is 0. The molecule has 0 saturated carbocycles. The van der Waals surface area contributed by atoms with Gasteiger partial charge >= 0.3 is 11.8 Å². The number of aliphatic hydroxyl groups excluding tert-OH is 2. The highest BCUT2D eigenvalue weighted by atomic mass is 32.2. The van der Waals surface area contributed by atoms with Crippen LogP contribution in [0.1, 0.15) is 0 Å². The molecule has 94 valence electrons. The van der Waals surface area contributed by atoms with Crippen molar-refractivity contribution < 1.29 is 27.8 Å². The maximum atomic E-state index is 13.0. The Morgan fingerprint density at radius 2 is 1.12 bits per heavy atom. The Labute approximate surface area is 98.1 Å². The molecule has 0 aliphatic heterocycles. The summed E-state index contributed by atoms with van der Waals surface area (Å²) >= 11 is 1.06. The van der Waals surface area contributed by atoms with Crippen molar-refractivity contribution in [1.82, 2.24) is 0 Å². The van der Waals surface area contributed by atoms with Crippen LogP contribution in [0.3, 0.4) is 0 Å². The number of thioether (sulfide) groups is 2. The third kappa shape index (κ3) is 2.20. The molecule has 0 aromatic carbocycles. The Morgan fingerprint density at radius 3 is 1.38 bits per heavy atom. The highest BCUT2D eigenvalue weighted by Crippen LogP contribution is 2.62. The normalized spacial score (nSPS) is 22.1. The summed E-state index contributed by atoms with van der Waals surface area (Å²) in [4.78, 5) is -1.38. The van der Waals surface area contributed by atoms with Gasteiger partial charge in [0.25, 0.3) is 0 Å². The average molecular weight is 278 g/mol. The molecule has 8 heteroatoms. The van der Waals surface area contributed by atoms with Crippen LogP contribution in [0.2, 0.25) is 0 Å². The van der Waals surface area contributed by atoms with E-state index in [0.29, 0.717) is 23.5 Å². The molecule has 1 rings (SSSR count). The topological polar surface area (TPSA) is 40.5 Å². The number of hydrogen-bond acceptors (Lipinski definition) is 4. The fourth-order valence-corrected chi connectivity index (χ4v) is 3.20. The molecule has 0 unspecified atom stereocenters. The SMILES string of the molecule is OCCSC1=C(SCCO)C(F)(F)C1(F)F. The molecule has 2 N–H and O–H groups in total. The van der Waals surface area contributed by atoms with Crippen LogP contribution in [0, 0.1) is 0 Å². The molecule has 0 radical (unpaired) electrons. The van der Waals surface area contributed by atoms with E-state index in [1.165, 1.54) is 0 Å². The second-order valence-corrected chi connectivity index (χ2v) is 5.16. The minimum Gasteiger partial charge on any atom is -0.396 e.